The maximum Gasteiger partial charge on any atom is 0.338 e. The van der Waals surface area contributed by atoms with Gasteiger partial charge in [-0.05, 0) is 54.1 Å². The maximum atomic E-state index is 15.4. The van der Waals surface area contributed by atoms with Gasteiger partial charge in [-0.2, -0.15) is 0 Å². The number of aromatic nitrogens is 3. The van der Waals surface area contributed by atoms with Crippen molar-refractivity contribution in [3.8, 4) is 11.5 Å². The van der Waals surface area contributed by atoms with Gasteiger partial charge in [0, 0.05) is 37.4 Å². The molecule has 252 valence electrons. The van der Waals surface area contributed by atoms with Crippen molar-refractivity contribution >= 4 is 34.3 Å². The first-order valence-electron chi connectivity index (χ1n) is 15.9. The summed E-state index contributed by atoms with van der Waals surface area (Å²) in [6.07, 6.45) is 3.45. The monoisotopic (exact) mass is 687 g/mol. The van der Waals surface area contributed by atoms with E-state index in [4.69, 9.17) is 35.5 Å². The number of esters is 1. The molecule has 0 radical (unpaired) electrons. The van der Waals surface area contributed by atoms with Crippen LogP contribution in [0.4, 0.5) is 14.5 Å². The van der Waals surface area contributed by atoms with Crippen LogP contribution in [0.3, 0.4) is 0 Å². The van der Waals surface area contributed by atoms with Gasteiger partial charge in [0.25, 0.3) is 5.79 Å². The molecule has 0 aliphatic carbocycles. The van der Waals surface area contributed by atoms with E-state index in [0.717, 1.165) is 17.3 Å². The van der Waals surface area contributed by atoms with Crippen molar-refractivity contribution in [3.05, 3.63) is 112 Å². The first-order valence-corrected chi connectivity index (χ1v) is 16.3. The largest absolute Gasteiger partial charge is 0.465 e. The van der Waals surface area contributed by atoms with Gasteiger partial charge in [0.1, 0.15) is 17.2 Å². The fourth-order valence-electron chi connectivity index (χ4n) is 7.17. The number of benzene rings is 3. The van der Waals surface area contributed by atoms with Crippen LogP contribution in [-0.4, -0.2) is 70.9 Å². The number of piperazine rings is 1. The minimum atomic E-state index is -1.38. The number of methoxy groups -OCH3 is 1. The number of carbonyl (C=O) groups is 1. The summed E-state index contributed by atoms with van der Waals surface area (Å²) < 4.78 is 56.0. The first kappa shape index (κ1) is 31.5. The van der Waals surface area contributed by atoms with Gasteiger partial charge in [0.2, 0.25) is 0 Å². The molecule has 2 saturated heterocycles. The van der Waals surface area contributed by atoms with Crippen molar-refractivity contribution in [2.45, 2.75) is 37.9 Å². The Morgan fingerprint density at radius 3 is 2.67 bits per heavy atom. The fourth-order valence-corrected chi connectivity index (χ4v) is 7.32. The molecular formula is C36H32ClF2N5O5. The maximum absolute atomic E-state index is 15.4. The highest BCUT2D eigenvalue weighted by molar-refractivity contribution is 6.30. The second-order valence-corrected chi connectivity index (χ2v) is 12.9. The number of pyridine rings is 1. The molecule has 5 heterocycles. The molecule has 3 atom stereocenters. The van der Waals surface area contributed by atoms with E-state index in [1.807, 2.05) is 34.9 Å². The van der Waals surface area contributed by atoms with Crippen molar-refractivity contribution in [2.24, 2.45) is 0 Å². The van der Waals surface area contributed by atoms with E-state index >= 15 is 8.78 Å². The Morgan fingerprint density at radius 2 is 1.88 bits per heavy atom. The van der Waals surface area contributed by atoms with Crippen molar-refractivity contribution < 1.29 is 32.5 Å². The topological polar surface area (TPSA) is 91.2 Å². The zero-order valence-electron chi connectivity index (χ0n) is 26.7. The third-order valence-corrected chi connectivity index (χ3v) is 9.76. The van der Waals surface area contributed by atoms with Gasteiger partial charge >= 0.3 is 5.97 Å². The molecule has 2 aromatic heterocycles. The third-order valence-electron chi connectivity index (χ3n) is 9.52. The van der Waals surface area contributed by atoms with Crippen LogP contribution in [0.25, 0.3) is 11.0 Å². The molecule has 3 aliphatic rings. The van der Waals surface area contributed by atoms with Gasteiger partial charge in [-0.3, -0.25) is 9.88 Å². The van der Waals surface area contributed by atoms with E-state index < -0.39 is 23.4 Å². The Bertz CT molecular complexity index is 2080. The molecule has 0 N–H and O–H groups in total. The van der Waals surface area contributed by atoms with Crippen molar-refractivity contribution in [1.29, 1.82) is 0 Å². The predicted molar refractivity (Wildman–Crippen MR) is 177 cm³/mol. The number of rotatable bonds is 7. The Balaban J connectivity index is 1.10. The van der Waals surface area contributed by atoms with E-state index in [1.165, 1.54) is 13.2 Å². The van der Waals surface area contributed by atoms with Crippen LogP contribution in [0.1, 0.15) is 34.2 Å². The van der Waals surface area contributed by atoms with Crippen LogP contribution in [0.15, 0.2) is 73.1 Å². The number of hydrogen-bond donors (Lipinski definition) is 0. The standard InChI is InChI=1S/C36H32ClF2N5O5/c1-36(24-9-8-23(37)15-25(24)38)48-31-7-3-6-27(34(31)49-36)43-12-11-42(29-19-47-20-30(29)43)18-32-41-33-26(39)13-22(35(45)46-2)14-28(33)44(32)17-21-5-4-10-40-16-21/h3-10,13-16,29-30H,11-12,17-20H2,1-2H3/t29-,30+,36?/m1/s1. The number of imidazole rings is 1. The number of para-hydroxylation sites is 1. The average molecular weight is 688 g/mol. The number of anilines is 1. The smallest absolute Gasteiger partial charge is 0.338 e. The highest BCUT2D eigenvalue weighted by Crippen LogP contribution is 2.51. The third kappa shape index (κ3) is 5.53. The Labute approximate surface area is 285 Å². The first-order chi connectivity index (χ1) is 23.7. The lowest BCUT2D eigenvalue weighted by atomic mass is 10.0. The van der Waals surface area contributed by atoms with Crippen LogP contribution in [0.2, 0.25) is 5.02 Å². The van der Waals surface area contributed by atoms with Gasteiger partial charge < -0.3 is 28.4 Å². The minimum Gasteiger partial charge on any atom is -0.465 e. The Morgan fingerprint density at radius 1 is 1.02 bits per heavy atom. The predicted octanol–water partition coefficient (Wildman–Crippen LogP) is 5.93. The molecule has 10 nitrogen and oxygen atoms in total. The quantitative estimate of drug-likeness (QED) is 0.193. The highest BCUT2D eigenvalue weighted by Gasteiger charge is 2.46. The summed E-state index contributed by atoms with van der Waals surface area (Å²) in [5, 5.41) is 0.287. The van der Waals surface area contributed by atoms with Crippen LogP contribution < -0.4 is 14.4 Å². The lowest BCUT2D eigenvalue weighted by molar-refractivity contribution is -0.0705. The molecule has 2 fully saturated rings. The minimum absolute atomic E-state index is 0.0193. The van der Waals surface area contributed by atoms with Gasteiger partial charge in [-0.15, -0.1) is 0 Å². The molecule has 3 aliphatic heterocycles. The molecule has 0 spiro atoms. The molecule has 0 amide bonds. The molecule has 49 heavy (non-hydrogen) atoms. The zero-order chi connectivity index (χ0) is 33.9. The number of hydrogen-bond acceptors (Lipinski definition) is 9. The van der Waals surface area contributed by atoms with Crippen molar-refractivity contribution in [1.82, 2.24) is 19.4 Å². The summed E-state index contributed by atoms with van der Waals surface area (Å²) in [5.41, 5.74) is 2.77. The van der Waals surface area contributed by atoms with Crippen molar-refractivity contribution in [2.75, 3.05) is 38.3 Å². The molecule has 5 aromatic rings. The van der Waals surface area contributed by atoms with E-state index in [9.17, 15) is 4.79 Å². The van der Waals surface area contributed by atoms with Gasteiger partial charge in [-0.25, -0.2) is 18.6 Å². The highest BCUT2D eigenvalue weighted by atomic mass is 35.5. The number of nitrogens with zero attached hydrogens (tertiary/aromatic N) is 5. The van der Waals surface area contributed by atoms with E-state index in [-0.39, 0.29) is 33.7 Å². The zero-order valence-corrected chi connectivity index (χ0v) is 27.5. The van der Waals surface area contributed by atoms with Crippen LogP contribution >= 0.6 is 11.6 Å². The van der Waals surface area contributed by atoms with Crippen LogP contribution in [-0.2, 0) is 28.4 Å². The normalized spacial score (nSPS) is 21.7. The molecule has 8 rings (SSSR count). The summed E-state index contributed by atoms with van der Waals surface area (Å²) in [5.74, 6) is -1.41. The van der Waals surface area contributed by atoms with Gasteiger partial charge in [0.05, 0.1) is 67.8 Å². The number of carbonyl (C=O) groups excluding carboxylic acids is 1. The summed E-state index contributed by atoms with van der Waals surface area (Å²) in [6, 6.07) is 16.6. The van der Waals surface area contributed by atoms with Gasteiger partial charge in [-0.1, -0.05) is 23.7 Å². The second kappa shape index (κ2) is 12.3. The summed E-state index contributed by atoms with van der Waals surface area (Å²) in [4.78, 5) is 26.0. The summed E-state index contributed by atoms with van der Waals surface area (Å²) >= 11 is 6.01. The number of fused-ring (bicyclic) bond motifs is 3. The molecular weight excluding hydrogens is 656 g/mol. The number of ether oxygens (including phenoxy) is 4. The summed E-state index contributed by atoms with van der Waals surface area (Å²) in [7, 11) is 1.27. The lowest BCUT2D eigenvalue weighted by Gasteiger charge is -2.44. The number of halogens is 3. The summed E-state index contributed by atoms with van der Waals surface area (Å²) in [6.45, 7) is 4.74. The Hall–Kier alpha value is -4.78. The van der Waals surface area contributed by atoms with Gasteiger partial charge in [0.15, 0.2) is 17.3 Å². The fraction of sp³-hybridized carbons (Fsp3) is 0.306. The lowest BCUT2D eigenvalue weighted by Crippen LogP contribution is -2.59. The molecule has 3 aromatic carbocycles. The molecule has 0 saturated carbocycles. The molecule has 13 heteroatoms. The van der Waals surface area contributed by atoms with E-state index in [2.05, 4.69) is 14.8 Å². The Kier molecular flexibility index (Phi) is 7.89. The second-order valence-electron chi connectivity index (χ2n) is 12.5. The SMILES string of the molecule is COC(=O)c1cc(F)c2nc(CN3CCN(c4cccc5c4OC(C)(c4ccc(Cl)cc4F)O5)[C@H]4COC[C@H]43)n(Cc3cccnc3)c2c1. The van der Waals surface area contributed by atoms with Crippen LogP contribution in [0, 0.1) is 11.6 Å². The van der Waals surface area contributed by atoms with E-state index in [1.54, 1.807) is 37.5 Å². The molecule has 1 unspecified atom stereocenters. The van der Waals surface area contributed by atoms with Crippen LogP contribution in [0.5, 0.6) is 11.5 Å². The average Bonchev–Trinajstić information content (AvgIpc) is 3.81. The molecule has 0 bridgehead atoms. The van der Waals surface area contributed by atoms with E-state index in [0.29, 0.717) is 62.2 Å². The van der Waals surface area contributed by atoms with Crippen molar-refractivity contribution in [3.63, 3.8) is 0 Å².